The Morgan fingerprint density at radius 2 is 1.30 bits per heavy atom. The molecule has 1 aliphatic rings. The van der Waals surface area contributed by atoms with E-state index in [0.29, 0.717) is 0 Å². The first-order valence-electron chi connectivity index (χ1n) is 12.0. The van der Waals surface area contributed by atoms with Crippen molar-refractivity contribution in [1.29, 1.82) is 0 Å². The van der Waals surface area contributed by atoms with Gasteiger partial charge in [0.1, 0.15) is 10.7 Å². The van der Waals surface area contributed by atoms with E-state index in [4.69, 9.17) is 4.74 Å². The molecule has 0 aromatic heterocycles. The summed E-state index contributed by atoms with van der Waals surface area (Å²) in [7, 11) is -7.20. The molecule has 2 unspecified atom stereocenters. The number of hydrogen-bond donors (Lipinski definition) is 0. The number of non-ortho nitro benzene ring substituents is 1. The number of nitrogens with zero attached hydrogens (tertiary/aromatic N) is 1. The average molecular weight is 670 g/mol. The van der Waals surface area contributed by atoms with E-state index in [0.717, 1.165) is 36.4 Å². The normalized spacial score (nSPS) is 18.2. The third-order valence-electron chi connectivity index (χ3n) is 6.61. The van der Waals surface area contributed by atoms with Crippen LogP contribution in [0, 0.1) is 10.1 Å². The fourth-order valence-electron chi connectivity index (χ4n) is 4.39. The zero-order valence-corrected chi connectivity index (χ0v) is 23.0. The number of halogens is 9. The van der Waals surface area contributed by atoms with Crippen molar-refractivity contribution in [3.05, 3.63) is 117 Å². The van der Waals surface area contributed by atoms with E-state index < -0.39 is 82.5 Å². The molecule has 3 aromatic rings. The maximum Gasteiger partial charge on any atom is 0.417 e. The van der Waals surface area contributed by atoms with Gasteiger partial charge in [-0.05, 0) is 17.2 Å². The number of hydrogen-bond acceptors (Lipinski definition) is 6. The topological polar surface area (TPSA) is 104 Å². The summed E-state index contributed by atoms with van der Waals surface area (Å²) in [6.07, 6.45) is -2.15. The molecule has 3 aromatic carbocycles. The fraction of sp³-hybridized carbons (Fsp3) is 0.222. The highest BCUT2D eigenvalue weighted by atomic mass is 35.5. The van der Waals surface area contributed by atoms with Crippen molar-refractivity contribution in [2.24, 2.45) is 0 Å². The molecule has 7 nitrogen and oxygen atoms in total. The Labute approximate surface area is 247 Å². The van der Waals surface area contributed by atoms with Gasteiger partial charge >= 0.3 is 22.5 Å². The lowest BCUT2D eigenvalue weighted by Crippen LogP contribution is -2.63. The van der Waals surface area contributed by atoms with Crippen molar-refractivity contribution in [3.63, 3.8) is 0 Å². The number of ketones is 1. The summed E-state index contributed by atoms with van der Waals surface area (Å²) >= 11 is 4.02. The molecule has 0 bridgehead atoms. The van der Waals surface area contributed by atoms with Crippen molar-refractivity contribution in [2.45, 2.75) is 34.5 Å². The molecule has 0 saturated heterocycles. The van der Waals surface area contributed by atoms with Crippen LogP contribution in [0.4, 0.5) is 40.8 Å². The summed E-state index contributed by atoms with van der Waals surface area (Å²) in [5.41, 5.74) is -1.70. The number of carbonyl (C=O) groups excluding carboxylic acids is 1. The van der Waals surface area contributed by atoms with Crippen molar-refractivity contribution in [1.82, 2.24) is 0 Å². The second-order valence-corrected chi connectivity index (χ2v) is 11.8. The molecule has 0 aliphatic carbocycles. The van der Waals surface area contributed by atoms with Crippen LogP contribution < -0.4 is 0 Å². The predicted molar refractivity (Wildman–Crippen MR) is 139 cm³/mol. The standard InChI is InChI=1S/C27H16ClF8NO6S/c28-26(33,34)24(29,30)25(31,32)27(35,36)44(41,42)23-19(15-11-13-18(14-12-15)37(39)40)22(20(38)16-7-3-1-4-8-16)43-21(23)17-9-5-2-6-10-17/h1-14,19,22H. The molecular weight excluding hydrogens is 654 g/mol. The quantitative estimate of drug-likeness (QED) is 0.0731. The van der Waals surface area contributed by atoms with Gasteiger partial charge in [0.2, 0.25) is 5.78 Å². The summed E-state index contributed by atoms with van der Waals surface area (Å²) in [5, 5.41) is -2.18. The molecule has 0 saturated carbocycles. The van der Waals surface area contributed by atoms with Gasteiger partial charge in [0.15, 0.2) is 6.10 Å². The molecule has 0 radical (unpaired) electrons. The van der Waals surface area contributed by atoms with Crippen LogP contribution in [-0.4, -0.2) is 47.7 Å². The van der Waals surface area contributed by atoms with E-state index >= 15 is 8.78 Å². The SMILES string of the molecule is O=C(c1ccccc1)C1OC(c2ccccc2)=C(S(=O)(=O)C(F)(F)C(F)(F)C(F)(F)C(F)(F)Cl)C1c1ccc([N+](=O)[O-])cc1. The van der Waals surface area contributed by atoms with Crippen LogP contribution in [0.15, 0.2) is 89.8 Å². The van der Waals surface area contributed by atoms with Crippen LogP contribution >= 0.6 is 11.6 Å². The number of ether oxygens (including phenoxy) is 1. The van der Waals surface area contributed by atoms with Gasteiger partial charge in [-0.25, -0.2) is 8.42 Å². The summed E-state index contributed by atoms with van der Waals surface area (Å²) in [6, 6.07) is 15.6. The van der Waals surface area contributed by atoms with E-state index in [1.165, 1.54) is 48.5 Å². The lowest BCUT2D eigenvalue weighted by atomic mass is 9.89. The molecule has 2 atom stereocenters. The molecule has 0 fully saturated rings. The summed E-state index contributed by atoms with van der Waals surface area (Å²) in [4.78, 5) is 22.0. The number of sulfone groups is 1. The van der Waals surface area contributed by atoms with E-state index in [1.54, 1.807) is 0 Å². The maximum atomic E-state index is 15.4. The lowest BCUT2D eigenvalue weighted by molar-refractivity contribution is -0.384. The van der Waals surface area contributed by atoms with E-state index in [9.17, 15) is 49.7 Å². The van der Waals surface area contributed by atoms with Gasteiger partial charge in [0, 0.05) is 23.3 Å². The van der Waals surface area contributed by atoms with Crippen LogP contribution in [0.5, 0.6) is 0 Å². The Morgan fingerprint density at radius 3 is 1.77 bits per heavy atom. The predicted octanol–water partition coefficient (Wildman–Crippen LogP) is 7.44. The zero-order valence-electron chi connectivity index (χ0n) is 21.4. The number of nitro groups is 1. The first kappa shape index (κ1) is 32.9. The van der Waals surface area contributed by atoms with Crippen LogP contribution in [0.25, 0.3) is 5.76 Å². The van der Waals surface area contributed by atoms with E-state index in [2.05, 4.69) is 11.6 Å². The first-order valence-corrected chi connectivity index (χ1v) is 13.9. The molecular formula is C27H16ClF8NO6S. The van der Waals surface area contributed by atoms with Crippen LogP contribution in [0.2, 0.25) is 0 Å². The van der Waals surface area contributed by atoms with Crippen molar-refractivity contribution in [2.75, 3.05) is 0 Å². The highest BCUT2D eigenvalue weighted by Crippen LogP contribution is 2.59. The van der Waals surface area contributed by atoms with Gasteiger partial charge in [-0.15, -0.1) is 0 Å². The number of nitro benzene ring substituents is 1. The van der Waals surface area contributed by atoms with E-state index in [-0.39, 0.29) is 5.56 Å². The molecule has 44 heavy (non-hydrogen) atoms. The number of alkyl halides is 9. The average Bonchev–Trinajstić information content (AvgIpc) is 3.38. The van der Waals surface area contributed by atoms with Gasteiger partial charge in [-0.2, -0.15) is 35.1 Å². The minimum Gasteiger partial charge on any atom is -0.480 e. The molecule has 234 valence electrons. The number of Topliss-reactive ketones (excluding diaryl/α,β-unsaturated/α-hetero) is 1. The van der Waals surface area contributed by atoms with Crippen molar-refractivity contribution >= 4 is 38.7 Å². The minimum atomic E-state index is -7.33. The van der Waals surface area contributed by atoms with E-state index in [1.807, 2.05) is 0 Å². The molecule has 17 heteroatoms. The third kappa shape index (κ3) is 5.19. The van der Waals surface area contributed by atoms with Crippen LogP contribution in [0.3, 0.4) is 0 Å². The molecule has 4 rings (SSSR count). The van der Waals surface area contributed by atoms with Gasteiger partial charge in [-0.3, -0.25) is 14.9 Å². The van der Waals surface area contributed by atoms with Crippen LogP contribution in [0.1, 0.15) is 27.4 Å². The Kier molecular flexibility index (Phi) is 8.32. The monoisotopic (exact) mass is 669 g/mol. The Hall–Kier alpha value is -4.05. The first-order chi connectivity index (χ1) is 20.3. The van der Waals surface area contributed by atoms with Crippen molar-refractivity contribution < 1.29 is 58.0 Å². The van der Waals surface area contributed by atoms with Gasteiger partial charge in [0.25, 0.3) is 15.5 Å². The smallest absolute Gasteiger partial charge is 0.417 e. The third-order valence-corrected chi connectivity index (χ3v) is 8.80. The second-order valence-electron chi connectivity index (χ2n) is 9.32. The largest absolute Gasteiger partial charge is 0.480 e. The summed E-state index contributed by atoms with van der Waals surface area (Å²) in [6.45, 7) is 0. The number of carbonyl (C=O) groups is 1. The van der Waals surface area contributed by atoms with Gasteiger partial charge < -0.3 is 4.74 Å². The molecule has 0 amide bonds. The summed E-state index contributed by atoms with van der Waals surface area (Å²) < 4.78 is 147. The summed E-state index contributed by atoms with van der Waals surface area (Å²) in [5.74, 6) is -19.0. The molecule has 0 spiro atoms. The number of benzene rings is 3. The van der Waals surface area contributed by atoms with Crippen LogP contribution in [-0.2, 0) is 14.6 Å². The molecule has 1 aliphatic heterocycles. The highest BCUT2D eigenvalue weighted by molar-refractivity contribution is 7.96. The van der Waals surface area contributed by atoms with Gasteiger partial charge in [-0.1, -0.05) is 72.8 Å². The minimum absolute atomic E-state index is 0.194. The maximum absolute atomic E-state index is 15.4. The molecule has 0 N–H and O–H groups in total. The van der Waals surface area contributed by atoms with Crippen molar-refractivity contribution in [3.8, 4) is 0 Å². The second kappa shape index (κ2) is 11.1. The Balaban J connectivity index is 2.05. The van der Waals surface area contributed by atoms with Gasteiger partial charge in [0.05, 0.1) is 10.8 Å². The fourth-order valence-corrected chi connectivity index (χ4v) is 6.25. The highest BCUT2D eigenvalue weighted by Gasteiger charge is 2.85. The Morgan fingerprint density at radius 1 is 0.795 bits per heavy atom. The number of rotatable bonds is 10. The Bertz CT molecular complexity index is 1710. The lowest BCUT2D eigenvalue weighted by Gasteiger charge is -2.34. The molecule has 1 heterocycles. The zero-order chi connectivity index (χ0) is 32.9.